The van der Waals surface area contributed by atoms with E-state index in [2.05, 4.69) is 11.1 Å². The van der Waals surface area contributed by atoms with E-state index in [0.29, 0.717) is 16.5 Å². The largest absolute Gasteiger partial charge is 0.298 e. The van der Waals surface area contributed by atoms with E-state index in [0.717, 1.165) is 11.1 Å². The first-order valence-corrected chi connectivity index (χ1v) is 5.81. The Morgan fingerprint density at radius 1 is 1.11 bits per heavy atom. The van der Waals surface area contributed by atoms with Gasteiger partial charge in [-0.25, -0.2) is 4.98 Å². The van der Waals surface area contributed by atoms with Crippen LogP contribution in [0.3, 0.4) is 0 Å². The van der Waals surface area contributed by atoms with Gasteiger partial charge in [0.25, 0.3) is 0 Å². The summed E-state index contributed by atoms with van der Waals surface area (Å²) in [4.78, 5) is 4.36. The Hall–Kier alpha value is -2.31. The number of hydrogen-bond acceptors (Lipinski definition) is 2. The van der Waals surface area contributed by atoms with E-state index in [1.165, 1.54) is 0 Å². The van der Waals surface area contributed by atoms with Gasteiger partial charge in [-0.2, -0.15) is 5.26 Å². The summed E-state index contributed by atoms with van der Waals surface area (Å²) in [6.07, 6.45) is 1.88. The standard InChI is InChI=1S/C14H8ClN3/c15-11-6-2-1-5-10(11)14-17-12(9-16)13-7-3-4-8-18(13)14/h1-8H. The maximum atomic E-state index is 9.11. The number of aromatic nitrogens is 2. The summed E-state index contributed by atoms with van der Waals surface area (Å²) >= 11 is 6.18. The molecule has 0 aliphatic rings. The maximum Gasteiger partial charge on any atom is 0.166 e. The smallest absolute Gasteiger partial charge is 0.166 e. The summed E-state index contributed by atoms with van der Waals surface area (Å²) in [5.41, 5.74) is 2.02. The maximum absolute atomic E-state index is 9.11. The molecule has 0 bridgehead atoms. The number of rotatable bonds is 1. The summed E-state index contributed by atoms with van der Waals surface area (Å²) in [7, 11) is 0. The van der Waals surface area contributed by atoms with Gasteiger partial charge in [0.15, 0.2) is 5.69 Å². The fourth-order valence-electron chi connectivity index (χ4n) is 1.95. The van der Waals surface area contributed by atoms with Crippen LogP contribution in [0.4, 0.5) is 0 Å². The van der Waals surface area contributed by atoms with Gasteiger partial charge in [-0.1, -0.05) is 29.8 Å². The number of nitriles is 1. The summed E-state index contributed by atoms with van der Waals surface area (Å²) < 4.78 is 1.87. The van der Waals surface area contributed by atoms with E-state index in [-0.39, 0.29) is 0 Å². The van der Waals surface area contributed by atoms with Gasteiger partial charge < -0.3 is 0 Å². The van der Waals surface area contributed by atoms with E-state index in [1.54, 1.807) is 0 Å². The van der Waals surface area contributed by atoms with E-state index in [4.69, 9.17) is 16.9 Å². The number of hydrogen-bond donors (Lipinski definition) is 0. The first-order valence-electron chi connectivity index (χ1n) is 5.43. The fraction of sp³-hybridized carbons (Fsp3) is 0. The zero-order chi connectivity index (χ0) is 12.5. The second-order valence-corrected chi connectivity index (χ2v) is 4.24. The highest BCUT2D eigenvalue weighted by molar-refractivity contribution is 6.33. The fourth-order valence-corrected chi connectivity index (χ4v) is 2.17. The monoisotopic (exact) mass is 253 g/mol. The van der Waals surface area contributed by atoms with Crippen LogP contribution < -0.4 is 0 Å². The van der Waals surface area contributed by atoms with Crippen LogP contribution in [0.15, 0.2) is 48.7 Å². The van der Waals surface area contributed by atoms with Crippen LogP contribution in [0, 0.1) is 11.3 Å². The Labute approximate surface area is 109 Å². The third kappa shape index (κ3) is 1.55. The highest BCUT2D eigenvalue weighted by Gasteiger charge is 2.13. The Bertz CT molecular complexity index is 768. The van der Waals surface area contributed by atoms with Crippen molar-refractivity contribution in [3.63, 3.8) is 0 Å². The van der Waals surface area contributed by atoms with Gasteiger partial charge in [0.05, 0.1) is 10.5 Å². The molecule has 2 heterocycles. The summed E-state index contributed by atoms with van der Waals surface area (Å²) in [6, 6.07) is 15.2. The van der Waals surface area contributed by atoms with Crippen LogP contribution in [0.2, 0.25) is 5.02 Å². The molecule has 0 saturated heterocycles. The first kappa shape index (κ1) is 10.8. The Balaban J connectivity index is 2.38. The minimum absolute atomic E-state index is 0.408. The molecule has 0 atom stereocenters. The molecule has 0 aliphatic carbocycles. The molecule has 0 fully saturated rings. The summed E-state index contributed by atoms with van der Waals surface area (Å²) in [5, 5.41) is 9.73. The Kier molecular flexibility index (Phi) is 2.51. The van der Waals surface area contributed by atoms with E-state index in [9.17, 15) is 0 Å². The van der Waals surface area contributed by atoms with Crippen molar-refractivity contribution in [1.29, 1.82) is 5.26 Å². The number of fused-ring (bicyclic) bond motifs is 1. The lowest BCUT2D eigenvalue weighted by molar-refractivity contribution is 1.16. The predicted octanol–water partition coefficient (Wildman–Crippen LogP) is 3.53. The summed E-state index contributed by atoms with van der Waals surface area (Å²) in [6.45, 7) is 0. The molecule has 1 aromatic carbocycles. The predicted molar refractivity (Wildman–Crippen MR) is 70.4 cm³/mol. The molecule has 3 nitrogen and oxygen atoms in total. The van der Waals surface area contributed by atoms with Gasteiger partial charge in [-0.3, -0.25) is 4.40 Å². The molecule has 0 unspecified atom stereocenters. The lowest BCUT2D eigenvalue weighted by Crippen LogP contribution is -1.88. The van der Waals surface area contributed by atoms with Crippen molar-refractivity contribution in [2.75, 3.05) is 0 Å². The molecular formula is C14H8ClN3. The molecule has 0 amide bonds. The van der Waals surface area contributed by atoms with Gasteiger partial charge in [0.1, 0.15) is 11.9 Å². The van der Waals surface area contributed by atoms with Crippen LogP contribution in [0.5, 0.6) is 0 Å². The van der Waals surface area contributed by atoms with Gasteiger partial charge in [-0.05, 0) is 24.3 Å². The third-order valence-electron chi connectivity index (χ3n) is 2.77. The highest BCUT2D eigenvalue weighted by atomic mass is 35.5. The average molecular weight is 254 g/mol. The SMILES string of the molecule is N#Cc1nc(-c2ccccc2Cl)n2ccccc12. The van der Waals surface area contributed by atoms with Crippen molar-refractivity contribution < 1.29 is 0 Å². The van der Waals surface area contributed by atoms with Gasteiger partial charge in [0.2, 0.25) is 0 Å². The van der Waals surface area contributed by atoms with Crippen molar-refractivity contribution in [3.8, 4) is 17.5 Å². The molecule has 3 aromatic rings. The van der Waals surface area contributed by atoms with Crippen LogP contribution in [-0.2, 0) is 0 Å². The topological polar surface area (TPSA) is 41.1 Å². The van der Waals surface area contributed by atoms with Crippen molar-refractivity contribution >= 4 is 17.1 Å². The molecule has 86 valence electrons. The molecule has 0 radical (unpaired) electrons. The van der Waals surface area contributed by atoms with Crippen LogP contribution in [0.25, 0.3) is 16.9 Å². The molecule has 2 aromatic heterocycles. The molecular weight excluding hydrogens is 246 g/mol. The average Bonchev–Trinajstić information content (AvgIpc) is 2.78. The number of benzene rings is 1. The van der Waals surface area contributed by atoms with Crippen LogP contribution in [0.1, 0.15) is 5.69 Å². The molecule has 0 aliphatic heterocycles. The zero-order valence-corrected chi connectivity index (χ0v) is 10.1. The Morgan fingerprint density at radius 2 is 1.89 bits per heavy atom. The first-order chi connectivity index (χ1) is 8.81. The number of halogens is 1. The molecule has 3 rings (SSSR count). The third-order valence-corrected chi connectivity index (χ3v) is 3.10. The van der Waals surface area contributed by atoms with Crippen molar-refractivity contribution in [1.82, 2.24) is 9.38 Å². The highest BCUT2D eigenvalue weighted by Crippen LogP contribution is 2.28. The van der Waals surface area contributed by atoms with Crippen LogP contribution >= 0.6 is 11.6 Å². The number of pyridine rings is 1. The normalized spacial score (nSPS) is 10.4. The zero-order valence-electron chi connectivity index (χ0n) is 9.34. The van der Waals surface area contributed by atoms with Gasteiger partial charge in [0, 0.05) is 11.8 Å². The second kappa shape index (κ2) is 4.17. The lowest BCUT2D eigenvalue weighted by atomic mass is 10.2. The number of nitrogens with zero attached hydrogens (tertiary/aromatic N) is 3. The minimum atomic E-state index is 0.408. The van der Waals surface area contributed by atoms with Gasteiger partial charge in [-0.15, -0.1) is 0 Å². The molecule has 4 heteroatoms. The van der Waals surface area contributed by atoms with Crippen LogP contribution in [-0.4, -0.2) is 9.38 Å². The van der Waals surface area contributed by atoms with Gasteiger partial charge >= 0.3 is 0 Å². The lowest BCUT2D eigenvalue weighted by Gasteiger charge is -2.02. The quantitative estimate of drug-likeness (QED) is 0.666. The van der Waals surface area contributed by atoms with Crippen molar-refractivity contribution in [3.05, 3.63) is 59.4 Å². The molecule has 0 saturated carbocycles. The van der Waals surface area contributed by atoms with Crippen molar-refractivity contribution in [2.45, 2.75) is 0 Å². The molecule has 0 spiro atoms. The second-order valence-electron chi connectivity index (χ2n) is 3.83. The molecule has 18 heavy (non-hydrogen) atoms. The Morgan fingerprint density at radius 3 is 2.67 bits per heavy atom. The van der Waals surface area contributed by atoms with E-state index in [1.807, 2.05) is 53.1 Å². The van der Waals surface area contributed by atoms with Crippen molar-refractivity contribution in [2.24, 2.45) is 0 Å². The summed E-state index contributed by atoms with van der Waals surface area (Å²) in [5.74, 6) is 0.688. The number of imidazole rings is 1. The van der Waals surface area contributed by atoms with E-state index < -0.39 is 0 Å². The minimum Gasteiger partial charge on any atom is -0.298 e. The molecule has 0 N–H and O–H groups in total. The van der Waals surface area contributed by atoms with E-state index >= 15 is 0 Å².